The topological polar surface area (TPSA) is 52.4 Å². The van der Waals surface area contributed by atoms with Gasteiger partial charge in [0.1, 0.15) is 0 Å². The molecule has 0 bridgehead atoms. The summed E-state index contributed by atoms with van der Waals surface area (Å²) in [6.07, 6.45) is 10.0. The van der Waals surface area contributed by atoms with E-state index in [1.165, 1.54) is 11.1 Å². The Bertz CT molecular complexity index is 616. The van der Waals surface area contributed by atoms with Gasteiger partial charge in [-0.15, -0.1) is 0 Å². The van der Waals surface area contributed by atoms with Crippen LogP contribution in [0.1, 0.15) is 17.5 Å². The van der Waals surface area contributed by atoms with Crippen molar-refractivity contribution < 1.29 is 9.47 Å². The number of ether oxygens (including phenoxy) is 2. The van der Waals surface area contributed by atoms with Gasteiger partial charge < -0.3 is 9.47 Å². The summed E-state index contributed by atoms with van der Waals surface area (Å²) >= 11 is 0. The molecule has 1 saturated heterocycles. The molecule has 1 fully saturated rings. The van der Waals surface area contributed by atoms with Crippen molar-refractivity contribution in [1.29, 1.82) is 0 Å². The van der Waals surface area contributed by atoms with Crippen molar-refractivity contribution in [3.05, 3.63) is 48.0 Å². The molecule has 0 N–H and O–H groups in total. The monoisotopic (exact) mass is 330 g/mol. The van der Waals surface area contributed by atoms with Crippen molar-refractivity contribution in [2.45, 2.75) is 31.5 Å². The lowest BCUT2D eigenvalue weighted by Gasteiger charge is -2.28. The molecule has 2 atom stereocenters. The van der Waals surface area contributed by atoms with Gasteiger partial charge in [0.25, 0.3) is 0 Å². The SMILES string of the molecule is COCCO[C@@H]1CCN(Cc2cnn(C)c2)[C@H]1Cc1ccncc1. The zero-order valence-electron chi connectivity index (χ0n) is 14.5. The Balaban J connectivity index is 1.68. The summed E-state index contributed by atoms with van der Waals surface area (Å²) in [6.45, 7) is 3.24. The van der Waals surface area contributed by atoms with Crippen molar-refractivity contribution in [2.24, 2.45) is 7.05 Å². The van der Waals surface area contributed by atoms with Gasteiger partial charge in [0.2, 0.25) is 0 Å². The number of hydrogen-bond donors (Lipinski definition) is 0. The van der Waals surface area contributed by atoms with Crippen LogP contribution in [-0.4, -0.2) is 58.7 Å². The highest BCUT2D eigenvalue weighted by Gasteiger charge is 2.34. The number of likely N-dealkylation sites (tertiary alicyclic amines) is 1. The van der Waals surface area contributed by atoms with Crippen LogP contribution in [0.4, 0.5) is 0 Å². The molecule has 0 aromatic carbocycles. The Morgan fingerprint density at radius 3 is 2.75 bits per heavy atom. The number of aryl methyl sites for hydroxylation is 1. The number of methoxy groups -OCH3 is 1. The second-order valence-electron chi connectivity index (χ2n) is 6.31. The third-order valence-corrected chi connectivity index (χ3v) is 4.56. The predicted octanol–water partition coefficient (Wildman–Crippen LogP) is 1.66. The first-order chi connectivity index (χ1) is 11.8. The van der Waals surface area contributed by atoms with Crippen molar-refractivity contribution in [1.82, 2.24) is 19.7 Å². The van der Waals surface area contributed by atoms with Gasteiger partial charge in [-0.2, -0.15) is 5.10 Å². The Morgan fingerprint density at radius 2 is 2.04 bits per heavy atom. The van der Waals surface area contributed by atoms with Crippen LogP contribution >= 0.6 is 0 Å². The molecule has 0 amide bonds. The van der Waals surface area contributed by atoms with Crippen LogP contribution in [0.2, 0.25) is 0 Å². The maximum absolute atomic E-state index is 6.10. The third kappa shape index (κ3) is 4.41. The molecule has 1 aliphatic heterocycles. The fourth-order valence-electron chi connectivity index (χ4n) is 3.37. The van der Waals surface area contributed by atoms with Gasteiger partial charge in [0.15, 0.2) is 0 Å². The average molecular weight is 330 g/mol. The summed E-state index contributed by atoms with van der Waals surface area (Å²) in [5.41, 5.74) is 2.54. The average Bonchev–Trinajstić information content (AvgIpc) is 3.17. The van der Waals surface area contributed by atoms with Crippen molar-refractivity contribution in [2.75, 3.05) is 26.9 Å². The second-order valence-corrected chi connectivity index (χ2v) is 6.31. The van der Waals surface area contributed by atoms with Gasteiger partial charge in [-0.05, 0) is 30.5 Å². The third-order valence-electron chi connectivity index (χ3n) is 4.56. The van der Waals surface area contributed by atoms with E-state index in [0.717, 1.165) is 25.9 Å². The molecule has 0 radical (unpaired) electrons. The fourth-order valence-corrected chi connectivity index (χ4v) is 3.37. The lowest BCUT2D eigenvalue weighted by Crippen LogP contribution is -2.38. The first-order valence-electron chi connectivity index (χ1n) is 8.47. The van der Waals surface area contributed by atoms with Gasteiger partial charge in [-0.25, -0.2) is 0 Å². The maximum atomic E-state index is 6.10. The number of aromatic nitrogens is 3. The first-order valence-corrected chi connectivity index (χ1v) is 8.47. The lowest BCUT2D eigenvalue weighted by atomic mass is 10.0. The summed E-state index contributed by atoms with van der Waals surface area (Å²) in [6, 6.07) is 4.55. The molecular formula is C18H26N4O2. The van der Waals surface area contributed by atoms with Gasteiger partial charge in [-0.1, -0.05) is 0 Å². The quantitative estimate of drug-likeness (QED) is 0.689. The van der Waals surface area contributed by atoms with Crippen molar-refractivity contribution >= 4 is 0 Å². The summed E-state index contributed by atoms with van der Waals surface area (Å²) in [5.74, 6) is 0. The van der Waals surface area contributed by atoms with Crippen LogP contribution in [0.3, 0.4) is 0 Å². The summed E-state index contributed by atoms with van der Waals surface area (Å²) in [7, 11) is 3.67. The highest BCUT2D eigenvalue weighted by atomic mass is 16.5. The van der Waals surface area contributed by atoms with Gasteiger partial charge in [-0.3, -0.25) is 14.6 Å². The van der Waals surface area contributed by atoms with E-state index in [1.807, 2.05) is 30.3 Å². The smallest absolute Gasteiger partial charge is 0.0746 e. The van der Waals surface area contributed by atoms with Crippen LogP contribution in [0.5, 0.6) is 0 Å². The number of nitrogens with zero attached hydrogens (tertiary/aromatic N) is 4. The van der Waals surface area contributed by atoms with Crippen molar-refractivity contribution in [3.63, 3.8) is 0 Å². The Labute approximate surface area is 143 Å². The Hall–Kier alpha value is -1.76. The van der Waals surface area contributed by atoms with Crippen LogP contribution < -0.4 is 0 Å². The van der Waals surface area contributed by atoms with Crippen LogP contribution in [0, 0.1) is 0 Å². The molecule has 24 heavy (non-hydrogen) atoms. The molecule has 0 spiro atoms. The van der Waals surface area contributed by atoms with E-state index in [0.29, 0.717) is 19.3 Å². The minimum atomic E-state index is 0.241. The van der Waals surface area contributed by atoms with Crippen LogP contribution in [0.25, 0.3) is 0 Å². The zero-order chi connectivity index (χ0) is 16.8. The van der Waals surface area contributed by atoms with Gasteiger partial charge >= 0.3 is 0 Å². The molecule has 6 heteroatoms. The van der Waals surface area contributed by atoms with E-state index < -0.39 is 0 Å². The summed E-state index contributed by atoms with van der Waals surface area (Å²) in [4.78, 5) is 6.63. The zero-order valence-corrected chi connectivity index (χ0v) is 14.5. The molecule has 0 saturated carbocycles. The fraction of sp³-hybridized carbons (Fsp3) is 0.556. The van der Waals surface area contributed by atoms with E-state index in [-0.39, 0.29) is 6.10 Å². The van der Waals surface area contributed by atoms with E-state index in [4.69, 9.17) is 9.47 Å². The molecule has 3 heterocycles. The first kappa shape index (κ1) is 17.1. The number of rotatable bonds is 8. The highest BCUT2D eigenvalue weighted by Crippen LogP contribution is 2.26. The Morgan fingerprint density at radius 1 is 1.21 bits per heavy atom. The predicted molar refractivity (Wildman–Crippen MR) is 91.6 cm³/mol. The van der Waals surface area contributed by atoms with E-state index in [2.05, 4.69) is 33.3 Å². The van der Waals surface area contributed by atoms with Crippen LogP contribution in [-0.2, 0) is 29.5 Å². The van der Waals surface area contributed by atoms with E-state index in [9.17, 15) is 0 Å². The second kappa shape index (κ2) is 8.37. The van der Waals surface area contributed by atoms with E-state index in [1.54, 1.807) is 7.11 Å². The number of pyridine rings is 1. The minimum Gasteiger partial charge on any atom is -0.382 e. The van der Waals surface area contributed by atoms with Crippen molar-refractivity contribution in [3.8, 4) is 0 Å². The Kier molecular flexibility index (Phi) is 5.96. The lowest BCUT2D eigenvalue weighted by molar-refractivity contribution is -0.00131. The minimum absolute atomic E-state index is 0.241. The van der Waals surface area contributed by atoms with Gasteiger partial charge in [0.05, 0.1) is 25.5 Å². The molecule has 2 aromatic rings. The molecule has 1 aliphatic rings. The summed E-state index contributed by atoms with van der Waals surface area (Å²) < 4.78 is 13.1. The van der Waals surface area contributed by atoms with Crippen LogP contribution in [0.15, 0.2) is 36.9 Å². The molecule has 130 valence electrons. The normalized spacial score (nSPS) is 21.4. The van der Waals surface area contributed by atoms with Gasteiger partial charge in [0, 0.05) is 57.4 Å². The molecule has 6 nitrogen and oxygen atoms in total. The molecule has 0 aliphatic carbocycles. The number of hydrogen-bond acceptors (Lipinski definition) is 5. The standard InChI is InChI=1S/C18H26N4O2/c1-21-13-16(12-20-21)14-22-8-5-18(24-10-9-23-2)17(22)11-15-3-6-19-7-4-15/h3-4,6-7,12-13,17-18H,5,8-11,14H2,1-2H3/t17-,18+/m0/s1. The summed E-state index contributed by atoms with van der Waals surface area (Å²) in [5, 5.41) is 4.28. The molecule has 0 unspecified atom stereocenters. The molecule has 3 rings (SSSR count). The molecule has 2 aromatic heterocycles. The van der Waals surface area contributed by atoms with E-state index >= 15 is 0 Å². The maximum Gasteiger partial charge on any atom is 0.0746 e. The molecular weight excluding hydrogens is 304 g/mol. The highest BCUT2D eigenvalue weighted by molar-refractivity contribution is 5.14. The largest absolute Gasteiger partial charge is 0.382 e.